The Kier molecular flexibility index (Phi) is 10.6. The summed E-state index contributed by atoms with van der Waals surface area (Å²) < 4.78 is 0. The lowest BCUT2D eigenvalue weighted by atomic mass is 10.2. The fourth-order valence-corrected chi connectivity index (χ4v) is 3.16. The minimum absolute atomic E-state index is 0. The van der Waals surface area contributed by atoms with E-state index in [4.69, 9.17) is 23.2 Å². The van der Waals surface area contributed by atoms with Crippen LogP contribution in [0.4, 0.5) is 0 Å². The van der Waals surface area contributed by atoms with Crippen molar-refractivity contribution >= 4 is 59.0 Å². The molecule has 0 saturated carbocycles. The van der Waals surface area contributed by atoms with Crippen LogP contribution in [0.25, 0.3) is 0 Å². The second-order valence-electron chi connectivity index (χ2n) is 5.94. The average Bonchev–Trinajstić information content (AvgIpc) is 2.59. The number of carbonyl (C=O) groups excluding carboxylic acids is 1. The number of nitrogens with one attached hydrogen (secondary N) is 2. The summed E-state index contributed by atoms with van der Waals surface area (Å²) in [5, 5.41) is 7.81. The molecule has 1 fully saturated rings. The number of amides is 1. The van der Waals surface area contributed by atoms with Crippen molar-refractivity contribution in [1.29, 1.82) is 0 Å². The van der Waals surface area contributed by atoms with E-state index in [2.05, 4.69) is 20.5 Å². The summed E-state index contributed by atoms with van der Waals surface area (Å²) in [6.07, 6.45) is 0. The third-order valence-electron chi connectivity index (χ3n) is 4.22. The van der Waals surface area contributed by atoms with Gasteiger partial charge in [0.05, 0.1) is 0 Å². The lowest BCUT2D eigenvalue weighted by Gasteiger charge is -2.34. The summed E-state index contributed by atoms with van der Waals surface area (Å²) in [4.78, 5) is 19.8. The highest BCUT2D eigenvalue weighted by molar-refractivity contribution is 14.0. The second-order valence-corrected chi connectivity index (χ2v) is 6.78. The van der Waals surface area contributed by atoms with Crippen LogP contribution in [0.15, 0.2) is 23.2 Å². The number of hydrogen-bond acceptors (Lipinski definition) is 3. The molecule has 0 atom stereocenters. The molecule has 0 unspecified atom stereocenters. The summed E-state index contributed by atoms with van der Waals surface area (Å²) in [5.41, 5.74) is 0.967. The van der Waals surface area contributed by atoms with Crippen LogP contribution in [0.2, 0.25) is 10.0 Å². The average molecular weight is 514 g/mol. The van der Waals surface area contributed by atoms with E-state index in [1.165, 1.54) is 0 Å². The van der Waals surface area contributed by atoms with Gasteiger partial charge in [-0.1, -0.05) is 29.3 Å². The number of nitrogens with zero attached hydrogens (tertiary/aromatic N) is 3. The number of guanidine groups is 1. The number of benzene rings is 1. The van der Waals surface area contributed by atoms with E-state index in [-0.39, 0.29) is 29.9 Å². The molecular formula is C17H26Cl2IN5O. The standard InChI is InChI=1S/C17H25Cl2N5O.HI/c1-13(25)24-9-7-23(8-10-24)6-5-21-17(20-2)22-12-14-3-4-15(18)11-16(14)19;/h3-4,11H,5-10,12H2,1-2H3,(H2,20,21,22);1H. The largest absolute Gasteiger partial charge is 0.355 e. The van der Waals surface area contributed by atoms with Crippen molar-refractivity contribution in [2.75, 3.05) is 46.3 Å². The van der Waals surface area contributed by atoms with Gasteiger partial charge in [0.25, 0.3) is 0 Å². The Balaban J connectivity index is 0.00000338. The zero-order valence-corrected chi connectivity index (χ0v) is 18.9. The van der Waals surface area contributed by atoms with E-state index < -0.39 is 0 Å². The maximum absolute atomic E-state index is 11.3. The van der Waals surface area contributed by atoms with E-state index in [1.807, 2.05) is 17.0 Å². The first-order valence-electron chi connectivity index (χ1n) is 8.36. The number of aliphatic imine (C=N–C) groups is 1. The highest BCUT2D eigenvalue weighted by Crippen LogP contribution is 2.20. The minimum Gasteiger partial charge on any atom is -0.355 e. The minimum atomic E-state index is 0. The third kappa shape index (κ3) is 7.46. The van der Waals surface area contributed by atoms with Gasteiger partial charge in [0.15, 0.2) is 5.96 Å². The Labute approximate surface area is 182 Å². The SMILES string of the molecule is CN=C(NCCN1CCN(C(C)=O)CC1)NCc1ccc(Cl)cc1Cl.I. The van der Waals surface area contributed by atoms with E-state index in [9.17, 15) is 4.79 Å². The first-order chi connectivity index (χ1) is 12.0. The smallest absolute Gasteiger partial charge is 0.219 e. The fraction of sp³-hybridized carbons (Fsp3) is 0.529. The van der Waals surface area contributed by atoms with Crippen molar-refractivity contribution < 1.29 is 4.79 Å². The molecule has 1 aromatic carbocycles. The lowest BCUT2D eigenvalue weighted by Crippen LogP contribution is -2.50. The monoisotopic (exact) mass is 513 g/mol. The highest BCUT2D eigenvalue weighted by atomic mass is 127. The number of hydrogen-bond donors (Lipinski definition) is 2. The van der Waals surface area contributed by atoms with Gasteiger partial charge in [0.2, 0.25) is 5.91 Å². The maximum atomic E-state index is 11.3. The fourth-order valence-electron chi connectivity index (χ4n) is 2.68. The van der Waals surface area contributed by atoms with Gasteiger partial charge in [-0.2, -0.15) is 0 Å². The molecule has 0 spiro atoms. The molecule has 9 heteroatoms. The van der Waals surface area contributed by atoms with Crippen molar-refractivity contribution in [3.05, 3.63) is 33.8 Å². The Morgan fingerprint density at radius 3 is 2.46 bits per heavy atom. The van der Waals surface area contributed by atoms with E-state index in [1.54, 1.807) is 20.0 Å². The summed E-state index contributed by atoms with van der Waals surface area (Å²) in [5.74, 6) is 0.886. The summed E-state index contributed by atoms with van der Waals surface area (Å²) in [6, 6.07) is 5.46. The Hall–Kier alpha value is -0.770. The molecule has 146 valence electrons. The van der Waals surface area contributed by atoms with Gasteiger partial charge >= 0.3 is 0 Å². The Morgan fingerprint density at radius 2 is 1.88 bits per heavy atom. The Bertz CT molecular complexity index is 621. The molecule has 0 aliphatic carbocycles. The van der Waals surface area contributed by atoms with Crippen molar-refractivity contribution in [2.24, 2.45) is 4.99 Å². The first kappa shape index (κ1) is 23.3. The second kappa shape index (κ2) is 11.8. The van der Waals surface area contributed by atoms with Gasteiger partial charge in [0.1, 0.15) is 0 Å². The molecule has 1 aliphatic rings. The van der Waals surface area contributed by atoms with E-state index >= 15 is 0 Å². The summed E-state index contributed by atoms with van der Waals surface area (Å²) in [6.45, 7) is 7.32. The first-order valence-corrected chi connectivity index (χ1v) is 9.11. The molecule has 1 amide bonds. The molecule has 1 saturated heterocycles. The van der Waals surface area contributed by atoms with Gasteiger partial charge < -0.3 is 15.5 Å². The maximum Gasteiger partial charge on any atom is 0.219 e. The van der Waals surface area contributed by atoms with Crippen molar-refractivity contribution in [3.8, 4) is 0 Å². The molecule has 1 aliphatic heterocycles. The van der Waals surface area contributed by atoms with Crippen molar-refractivity contribution in [1.82, 2.24) is 20.4 Å². The van der Waals surface area contributed by atoms with Crippen LogP contribution < -0.4 is 10.6 Å². The quantitative estimate of drug-likeness (QED) is 0.360. The number of carbonyl (C=O) groups is 1. The molecule has 6 nitrogen and oxygen atoms in total. The van der Waals surface area contributed by atoms with E-state index in [0.29, 0.717) is 16.6 Å². The zero-order valence-electron chi connectivity index (χ0n) is 15.1. The van der Waals surface area contributed by atoms with Gasteiger partial charge in [-0.15, -0.1) is 24.0 Å². The molecule has 1 heterocycles. The molecule has 26 heavy (non-hydrogen) atoms. The van der Waals surface area contributed by atoms with Crippen LogP contribution in [0.3, 0.4) is 0 Å². The van der Waals surface area contributed by atoms with Crippen molar-refractivity contribution in [3.63, 3.8) is 0 Å². The lowest BCUT2D eigenvalue weighted by molar-refractivity contribution is -0.130. The highest BCUT2D eigenvalue weighted by Gasteiger charge is 2.17. The van der Waals surface area contributed by atoms with Gasteiger partial charge in [-0.25, -0.2) is 0 Å². The van der Waals surface area contributed by atoms with Crippen LogP contribution in [-0.4, -0.2) is 68.0 Å². The topological polar surface area (TPSA) is 60.0 Å². The molecule has 0 bridgehead atoms. The predicted molar refractivity (Wildman–Crippen MR) is 119 cm³/mol. The van der Waals surface area contributed by atoms with Gasteiger partial charge in [-0.3, -0.25) is 14.7 Å². The zero-order chi connectivity index (χ0) is 18.2. The summed E-state index contributed by atoms with van der Waals surface area (Å²) in [7, 11) is 1.74. The van der Waals surface area contributed by atoms with Crippen LogP contribution >= 0.6 is 47.2 Å². The Morgan fingerprint density at radius 1 is 1.19 bits per heavy atom. The molecule has 0 radical (unpaired) electrons. The molecule has 2 N–H and O–H groups in total. The molecule has 1 aromatic rings. The molecular weight excluding hydrogens is 488 g/mol. The van der Waals surface area contributed by atoms with Crippen LogP contribution in [0.1, 0.15) is 12.5 Å². The van der Waals surface area contributed by atoms with Crippen LogP contribution in [-0.2, 0) is 11.3 Å². The number of halogens is 3. The van der Waals surface area contributed by atoms with Gasteiger partial charge in [-0.05, 0) is 17.7 Å². The van der Waals surface area contributed by atoms with Crippen LogP contribution in [0, 0.1) is 0 Å². The van der Waals surface area contributed by atoms with Crippen LogP contribution in [0.5, 0.6) is 0 Å². The predicted octanol–water partition coefficient (Wildman–Crippen LogP) is 2.44. The molecule has 2 rings (SSSR count). The number of rotatable bonds is 5. The van der Waals surface area contributed by atoms with Crippen molar-refractivity contribution in [2.45, 2.75) is 13.5 Å². The summed E-state index contributed by atoms with van der Waals surface area (Å²) >= 11 is 12.1. The molecule has 0 aromatic heterocycles. The van der Waals surface area contributed by atoms with Gasteiger partial charge in [0, 0.05) is 69.8 Å². The number of piperazine rings is 1. The van der Waals surface area contributed by atoms with E-state index in [0.717, 1.165) is 50.8 Å². The third-order valence-corrected chi connectivity index (χ3v) is 4.81. The normalized spacial score (nSPS) is 15.4.